The summed E-state index contributed by atoms with van der Waals surface area (Å²) in [7, 11) is -4.27. The summed E-state index contributed by atoms with van der Waals surface area (Å²) in [6, 6.07) is 11.1. The Bertz CT molecular complexity index is 975. The highest BCUT2D eigenvalue weighted by Gasteiger charge is 2.33. The van der Waals surface area contributed by atoms with Gasteiger partial charge in [-0.15, -0.1) is 0 Å². The van der Waals surface area contributed by atoms with Gasteiger partial charge in [-0.3, -0.25) is 9.10 Å². The second-order valence-corrected chi connectivity index (χ2v) is 8.67. The molecule has 1 fully saturated rings. The Balaban J connectivity index is 1.90. The number of hydrogen-bond acceptors (Lipinski definition) is 4. The fraction of sp³-hybridized carbons (Fsp3) is 0.350. The average molecular weight is 442 g/mol. The van der Waals surface area contributed by atoms with E-state index in [-0.39, 0.29) is 23.2 Å². The molecule has 0 saturated carbocycles. The van der Waals surface area contributed by atoms with Crippen LogP contribution in [-0.4, -0.2) is 40.1 Å². The summed E-state index contributed by atoms with van der Waals surface area (Å²) in [6.07, 6.45) is -3.15. The summed E-state index contributed by atoms with van der Waals surface area (Å²) in [5.74, 6) is -0.637. The van der Waals surface area contributed by atoms with Crippen molar-refractivity contribution in [2.75, 3.05) is 24.0 Å². The van der Waals surface area contributed by atoms with Gasteiger partial charge < -0.3 is 10.1 Å². The third-order valence-corrected chi connectivity index (χ3v) is 6.42. The highest BCUT2D eigenvalue weighted by Crippen LogP contribution is 2.33. The zero-order valence-electron chi connectivity index (χ0n) is 15.9. The number of rotatable bonds is 7. The van der Waals surface area contributed by atoms with E-state index in [1.54, 1.807) is 6.07 Å². The lowest BCUT2D eigenvalue weighted by Gasteiger charge is -2.25. The first-order valence-corrected chi connectivity index (χ1v) is 10.8. The van der Waals surface area contributed by atoms with E-state index in [1.807, 2.05) is 0 Å². The maximum absolute atomic E-state index is 13.1. The summed E-state index contributed by atoms with van der Waals surface area (Å²) in [5.41, 5.74) is -1.26. The fourth-order valence-electron chi connectivity index (χ4n) is 3.09. The van der Waals surface area contributed by atoms with Crippen molar-refractivity contribution >= 4 is 21.6 Å². The smallest absolute Gasteiger partial charge is 0.376 e. The van der Waals surface area contributed by atoms with Gasteiger partial charge in [-0.25, -0.2) is 8.42 Å². The van der Waals surface area contributed by atoms with E-state index in [9.17, 15) is 26.4 Å². The van der Waals surface area contributed by atoms with E-state index in [4.69, 9.17) is 4.74 Å². The lowest BCUT2D eigenvalue weighted by molar-refractivity contribution is -0.137. The second-order valence-electron chi connectivity index (χ2n) is 6.81. The molecule has 2 aromatic rings. The molecule has 1 amide bonds. The van der Waals surface area contributed by atoms with Crippen molar-refractivity contribution in [2.45, 2.75) is 30.0 Å². The van der Waals surface area contributed by atoms with Crippen LogP contribution in [0.3, 0.4) is 0 Å². The number of nitrogens with one attached hydrogen (secondary N) is 1. The third-order valence-electron chi connectivity index (χ3n) is 4.63. The van der Waals surface area contributed by atoms with Crippen LogP contribution in [0.5, 0.6) is 0 Å². The van der Waals surface area contributed by atoms with Crippen molar-refractivity contribution in [1.82, 2.24) is 5.32 Å². The molecule has 10 heteroatoms. The number of benzene rings is 2. The topological polar surface area (TPSA) is 75.7 Å². The van der Waals surface area contributed by atoms with E-state index >= 15 is 0 Å². The first-order chi connectivity index (χ1) is 14.2. The standard InChI is InChI=1S/C20H21F3N2O4S/c21-20(22,23)15-6-4-7-16(12-15)25(30(27,28)18-9-2-1-3-10-18)14-19(26)24-13-17-8-5-11-29-17/h1-4,6-7,9-10,12,17H,5,8,11,13-14H2,(H,24,26)/t17-/m1/s1. The summed E-state index contributed by atoms with van der Waals surface area (Å²) < 4.78 is 71.8. The van der Waals surface area contributed by atoms with Crippen molar-refractivity contribution in [3.8, 4) is 0 Å². The lowest BCUT2D eigenvalue weighted by atomic mass is 10.2. The molecule has 6 nitrogen and oxygen atoms in total. The molecular formula is C20H21F3N2O4S. The zero-order valence-corrected chi connectivity index (χ0v) is 16.7. The Kier molecular flexibility index (Phi) is 6.67. The number of amides is 1. The van der Waals surface area contributed by atoms with Crippen molar-refractivity contribution in [1.29, 1.82) is 0 Å². The highest BCUT2D eigenvalue weighted by atomic mass is 32.2. The quantitative estimate of drug-likeness (QED) is 0.715. The van der Waals surface area contributed by atoms with Crippen LogP contribution in [0.1, 0.15) is 18.4 Å². The third kappa shape index (κ3) is 5.31. The van der Waals surface area contributed by atoms with Gasteiger partial charge in [0.1, 0.15) is 6.54 Å². The van der Waals surface area contributed by atoms with Crippen LogP contribution in [-0.2, 0) is 25.7 Å². The van der Waals surface area contributed by atoms with Crippen LogP contribution in [0, 0.1) is 0 Å². The predicted molar refractivity (Wildman–Crippen MR) is 104 cm³/mol. The number of hydrogen-bond donors (Lipinski definition) is 1. The van der Waals surface area contributed by atoms with Gasteiger partial charge in [0.15, 0.2) is 0 Å². The van der Waals surface area contributed by atoms with Crippen molar-refractivity contribution in [3.63, 3.8) is 0 Å². The van der Waals surface area contributed by atoms with E-state index in [2.05, 4.69) is 5.32 Å². The van der Waals surface area contributed by atoms with Gasteiger partial charge in [0.05, 0.1) is 22.3 Å². The molecule has 1 atom stereocenters. The number of nitrogens with zero attached hydrogens (tertiary/aromatic N) is 1. The second kappa shape index (κ2) is 9.05. The molecule has 0 unspecified atom stereocenters. The fourth-order valence-corrected chi connectivity index (χ4v) is 4.53. The molecule has 0 aliphatic carbocycles. The molecule has 0 bridgehead atoms. The minimum Gasteiger partial charge on any atom is -0.376 e. The minimum absolute atomic E-state index is 0.130. The Hall–Kier alpha value is -2.59. The summed E-state index contributed by atoms with van der Waals surface area (Å²) >= 11 is 0. The van der Waals surface area contributed by atoms with Crippen LogP contribution in [0.2, 0.25) is 0 Å². The minimum atomic E-state index is -4.65. The molecule has 2 aromatic carbocycles. The van der Waals surface area contributed by atoms with Crippen LogP contribution >= 0.6 is 0 Å². The van der Waals surface area contributed by atoms with Gasteiger partial charge in [0.25, 0.3) is 10.0 Å². The molecule has 1 N–H and O–H groups in total. The van der Waals surface area contributed by atoms with Gasteiger partial charge >= 0.3 is 6.18 Å². The number of halogens is 3. The van der Waals surface area contributed by atoms with Gasteiger partial charge in [-0.2, -0.15) is 13.2 Å². The van der Waals surface area contributed by atoms with Crippen LogP contribution < -0.4 is 9.62 Å². The number of carbonyl (C=O) groups is 1. The normalized spacial score (nSPS) is 17.0. The van der Waals surface area contributed by atoms with Gasteiger partial charge in [0.2, 0.25) is 5.91 Å². The van der Waals surface area contributed by atoms with Gasteiger partial charge in [-0.05, 0) is 43.2 Å². The Morgan fingerprint density at radius 3 is 2.50 bits per heavy atom. The van der Waals surface area contributed by atoms with E-state index in [1.165, 1.54) is 30.3 Å². The molecule has 1 saturated heterocycles. The van der Waals surface area contributed by atoms with Gasteiger partial charge in [-0.1, -0.05) is 24.3 Å². The van der Waals surface area contributed by atoms with Crippen LogP contribution in [0.4, 0.5) is 18.9 Å². The number of ether oxygens (including phenoxy) is 1. The molecule has 0 radical (unpaired) electrons. The molecule has 1 aliphatic rings. The van der Waals surface area contributed by atoms with Crippen molar-refractivity contribution in [2.24, 2.45) is 0 Å². The molecule has 30 heavy (non-hydrogen) atoms. The molecule has 1 aliphatic heterocycles. The van der Waals surface area contributed by atoms with Crippen molar-refractivity contribution in [3.05, 3.63) is 60.2 Å². The predicted octanol–water partition coefficient (Wildman–Crippen LogP) is 3.20. The Morgan fingerprint density at radius 2 is 1.87 bits per heavy atom. The first-order valence-electron chi connectivity index (χ1n) is 9.31. The van der Waals surface area contributed by atoms with Crippen LogP contribution in [0.25, 0.3) is 0 Å². The average Bonchev–Trinajstić information content (AvgIpc) is 3.24. The Labute approximate surface area is 172 Å². The Morgan fingerprint density at radius 1 is 1.13 bits per heavy atom. The monoisotopic (exact) mass is 442 g/mol. The largest absolute Gasteiger partial charge is 0.416 e. The molecule has 0 spiro atoms. The molecule has 3 rings (SSSR count). The summed E-state index contributed by atoms with van der Waals surface area (Å²) in [6.45, 7) is 0.144. The summed E-state index contributed by atoms with van der Waals surface area (Å²) in [4.78, 5) is 12.3. The first kappa shape index (κ1) is 22.1. The highest BCUT2D eigenvalue weighted by molar-refractivity contribution is 7.92. The molecule has 0 aromatic heterocycles. The maximum Gasteiger partial charge on any atom is 0.416 e. The van der Waals surface area contributed by atoms with Crippen molar-refractivity contribution < 1.29 is 31.1 Å². The number of alkyl halides is 3. The maximum atomic E-state index is 13.1. The van der Waals surface area contributed by atoms with E-state index < -0.39 is 34.2 Å². The van der Waals surface area contributed by atoms with E-state index in [0.29, 0.717) is 17.0 Å². The number of sulfonamides is 1. The molecular weight excluding hydrogens is 421 g/mol. The van der Waals surface area contributed by atoms with Gasteiger partial charge in [0, 0.05) is 13.2 Å². The molecule has 162 valence electrons. The van der Waals surface area contributed by atoms with Crippen LogP contribution in [0.15, 0.2) is 59.5 Å². The zero-order chi connectivity index (χ0) is 21.8. The molecule has 1 heterocycles. The summed E-state index contributed by atoms with van der Waals surface area (Å²) in [5, 5.41) is 2.60. The number of carbonyl (C=O) groups excluding carboxylic acids is 1. The lowest BCUT2D eigenvalue weighted by Crippen LogP contribution is -2.42. The van der Waals surface area contributed by atoms with E-state index in [0.717, 1.165) is 25.0 Å². The number of anilines is 1. The SMILES string of the molecule is O=C(CN(c1cccc(C(F)(F)F)c1)S(=O)(=O)c1ccccc1)NC[C@H]1CCCO1.